The number of esters is 1. The van der Waals surface area contributed by atoms with Crippen molar-refractivity contribution < 1.29 is 9.53 Å². The lowest BCUT2D eigenvalue weighted by Gasteiger charge is -2.14. The van der Waals surface area contributed by atoms with Crippen LogP contribution < -0.4 is 5.56 Å². The molecule has 0 N–H and O–H groups in total. The Bertz CT molecular complexity index is 944. The lowest BCUT2D eigenvalue weighted by atomic mass is 10.2. The largest absolute Gasteiger partial charge is 0.464 e. The van der Waals surface area contributed by atoms with Crippen molar-refractivity contribution >= 4 is 16.9 Å². The van der Waals surface area contributed by atoms with E-state index in [0.29, 0.717) is 16.6 Å². The van der Waals surface area contributed by atoms with Crippen molar-refractivity contribution in [2.75, 3.05) is 6.61 Å². The molecule has 0 fully saturated rings. The second-order valence-corrected chi connectivity index (χ2v) is 5.42. The standard InChI is InChI=1S/C17H18N4O3/c1-4-24-17(23)12(3)20-16(22)15-14(11(2)19-20)10-18-21(15)13-8-6-5-7-9-13/h5-10,12H,4H2,1-3H3. The number of carbonyl (C=O) groups excluding carboxylic acids is 1. The summed E-state index contributed by atoms with van der Waals surface area (Å²) in [6.45, 7) is 5.36. The van der Waals surface area contributed by atoms with Crippen LogP contribution in [0.15, 0.2) is 41.3 Å². The van der Waals surface area contributed by atoms with Gasteiger partial charge in [-0.1, -0.05) is 18.2 Å². The molecular formula is C17H18N4O3. The number of aryl methyl sites for hydroxylation is 1. The van der Waals surface area contributed by atoms with Gasteiger partial charge in [0.2, 0.25) is 0 Å². The summed E-state index contributed by atoms with van der Waals surface area (Å²) >= 11 is 0. The molecule has 7 heteroatoms. The number of hydrogen-bond donors (Lipinski definition) is 0. The van der Waals surface area contributed by atoms with Gasteiger partial charge in [-0.3, -0.25) is 4.79 Å². The smallest absolute Gasteiger partial charge is 0.330 e. The Labute approximate surface area is 138 Å². The second kappa shape index (κ2) is 6.27. The van der Waals surface area contributed by atoms with E-state index >= 15 is 0 Å². The Morgan fingerprint density at radius 2 is 2.00 bits per heavy atom. The van der Waals surface area contributed by atoms with Crippen molar-refractivity contribution in [1.29, 1.82) is 0 Å². The van der Waals surface area contributed by atoms with Gasteiger partial charge in [0.1, 0.15) is 5.52 Å². The number of fused-ring (bicyclic) bond motifs is 1. The number of benzene rings is 1. The third-order valence-corrected chi connectivity index (χ3v) is 3.82. The molecule has 24 heavy (non-hydrogen) atoms. The Morgan fingerprint density at radius 1 is 1.29 bits per heavy atom. The monoisotopic (exact) mass is 326 g/mol. The Hall–Kier alpha value is -2.96. The summed E-state index contributed by atoms with van der Waals surface area (Å²) < 4.78 is 7.73. The summed E-state index contributed by atoms with van der Waals surface area (Å²) in [4.78, 5) is 24.9. The number of rotatable bonds is 4. The molecule has 0 radical (unpaired) electrons. The highest BCUT2D eigenvalue weighted by Gasteiger charge is 2.22. The topological polar surface area (TPSA) is 79.0 Å². The number of ether oxygens (including phenoxy) is 1. The van der Waals surface area contributed by atoms with Crippen LogP contribution >= 0.6 is 0 Å². The number of para-hydroxylation sites is 1. The van der Waals surface area contributed by atoms with Crippen LogP contribution in [0.3, 0.4) is 0 Å². The molecule has 0 amide bonds. The molecule has 0 bridgehead atoms. The molecule has 0 saturated carbocycles. The van der Waals surface area contributed by atoms with Gasteiger partial charge >= 0.3 is 5.97 Å². The van der Waals surface area contributed by atoms with Crippen molar-refractivity contribution in [3.8, 4) is 5.69 Å². The van der Waals surface area contributed by atoms with Crippen LogP contribution in [0.25, 0.3) is 16.6 Å². The predicted molar refractivity (Wildman–Crippen MR) is 89.2 cm³/mol. The van der Waals surface area contributed by atoms with Gasteiger partial charge in [0.05, 0.1) is 24.2 Å². The Morgan fingerprint density at radius 3 is 2.67 bits per heavy atom. The van der Waals surface area contributed by atoms with Gasteiger partial charge in [-0.25, -0.2) is 14.2 Å². The molecule has 0 aliphatic heterocycles. The van der Waals surface area contributed by atoms with E-state index in [2.05, 4.69) is 10.2 Å². The number of hydrogen-bond acceptors (Lipinski definition) is 5. The maximum atomic E-state index is 12.9. The molecule has 3 rings (SSSR count). The van der Waals surface area contributed by atoms with Gasteiger partial charge in [0.15, 0.2) is 6.04 Å². The molecule has 3 aromatic rings. The first-order valence-corrected chi connectivity index (χ1v) is 7.73. The predicted octanol–water partition coefficient (Wildman–Crippen LogP) is 2.01. The fourth-order valence-electron chi connectivity index (χ4n) is 2.58. The van der Waals surface area contributed by atoms with Crippen LogP contribution in [-0.4, -0.2) is 32.1 Å². The maximum Gasteiger partial charge on any atom is 0.330 e. The van der Waals surface area contributed by atoms with E-state index in [1.54, 1.807) is 31.6 Å². The number of carbonyl (C=O) groups is 1. The van der Waals surface area contributed by atoms with Gasteiger partial charge in [0.25, 0.3) is 5.56 Å². The molecule has 0 saturated heterocycles. The number of nitrogens with zero attached hydrogens (tertiary/aromatic N) is 4. The molecule has 0 aliphatic carbocycles. The van der Waals surface area contributed by atoms with Crippen molar-refractivity contribution in [1.82, 2.24) is 19.6 Å². The summed E-state index contributed by atoms with van der Waals surface area (Å²) in [6.07, 6.45) is 1.62. The molecule has 7 nitrogen and oxygen atoms in total. The highest BCUT2D eigenvalue weighted by atomic mass is 16.5. The quantitative estimate of drug-likeness (QED) is 0.685. The first kappa shape index (κ1) is 15.9. The van der Waals surface area contributed by atoms with Gasteiger partial charge in [-0.15, -0.1) is 0 Å². The van der Waals surface area contributed by atoms with Crippen molar-refractivity contribution in [3.63, 3.8) is 0 Å². The van der Waals surface area contributed by atoms with Crippen LogP contribution in [0.4, 0.5) is 0 Å². The molecule has 1 aromatic carbocycles. The minimum atomic E-state index is -0.806. The van der Waals surface area contributed by atoms with E-state index in [1.807, 2.05) is 30.3 Å². The van der Waals surface area contributed by atoms with Gasteiger partial charge in [-0.2, -0.15) is 10.2 Å². The molecule has 124 valence electrons. The van der Waals surface area contributed by atoms with E-state index < -0.39 is 12.0 Å². The SMILES string of the molecule is CCOC(=O)C(C)n1nc(C)c2cnn(-c3ccccc3)c2c1=O. The summed E-state index contributed by atoms with van der Waals surface area (Å²) in [5, 5.41) is 9.24. The summed E-state index contributed by atoms with van der Waals surface area (Å²) in [7, 11) is 0. The highest BCUT2D eigenvalue weighted by Crippen LogP contribution is 2.18. The van der Waals surface area contributed by atoms with E-state index in [4.69, 9.17) is 4.74 Å². The van der Waals surface area contributed by atoms with Crippen LogP contribution in [0.5, 0.6) is 0 Å². The van der Waals surface area contributed by atoms with Gasteiger partial charge < -0.3 is 4.74 Å². The third kappa shape index (κ3) is 2.58. The van der Waals surface area contributed by atoms with E-state index in [-0.39, 0.29) is 12.2 Å². The molecule has 2 aromatic heterocycles. The van der Waals surface area contributed by atoms with Crippen LogP contribution in [-0.2, 0) is 9.53 Å². The minimum Gasteiger partial charge on any atom is -0.464 e. The zero-order chi connectivity index (χ0) is 17.3. The number of aromatic nitrogens is 4. The minimum absolute atomic E-state index is 0.251. The Balaban J connectivity index is 2.23. The van der Waals surface area contributed by atoms with Crippen molar-refractivity contribution in [3.05, 3.63) is 52.6 Å². The second-order valence-electron chi connectivity index (χ2n) is 5.42. The summed E-state index contributed by atoms with van der Waals surface area (Å²) in [5.74, 6) is -0.489. The van der Waals surface area contributed by atoms with E-state index in [0.717, 1.165) is 10.4 Å². The fraction of sp³-hybridized carbons (Fsp3) is 0.294. The average Bonchev–Trinajstić information content (AvgIpc) is 3.04. The lowest BCUT2D eigenvalue weighted by molar-refractivity contribution is -0.147. The average molecular weight is 326 g/mol. The van der Waals surface area contributed by atoms with Gasteiger partial charge in [0, 0.05) is 5.39 Å². The van der Waals surface area contributed by atoms with Crippen LogP contribution in [0, 0.1) is 6.92 Å². The summed E-state index contributed by atoms with van der Waals surface area (Å²) in [6, 6.07) is 8.55. The molecular weight excluding hydrogens is 308 g/mol. The van der Waals surface area contributed by atoms with Gasteiger partial charge in [-0.05, 0) is 32.9 Å². The molecule has 0 aliphatic rings. The van der Waals surface area contributed by atoms with Crippen molar-refractivity contribution in [2.45, 2.75) is 26.8 Å². The van der Waals surface area contributed by atoms with Crippen molar-refractivity contribution in [2.24, 2.45) is 0 Å². The first-order valence-electron chi connectivity index (χ1n) is 7.73. The molecule has 1 atom stereocenters. The maximum absolute atomic E-state index is 12.9. The lowest BCUT2D eigenvalue weighted by Crippen LogP contribution is -2.32. The van der Waals surface area contributed by atoms with Crippen LogP contribution in [0.1, 0.15) is 25.6 Å². The fourth-order valence-corrected chi connectivity index (χ4v) is 2.58. The normalized spacial score (nSPS) is 12.3. The van der Waals surface area contributed by atoms with E-state index in [1.165, 1.54) is 0 Å². The van der Waals surface area contributed by atoms with E-state index in [9.17, 15) is 9.59 Å². The molecule has 2 heterocycles. The summed E-state index contributed by atoms with van der Waals surface area (Å²) in [5.41, 5.74) is 1.41. The molecule has 0 spiro atoms. The zero-order valence-corrected chi connectivity index (χ0v) is 13.8. The highest BCUT2D eigenvalue weighted by molar-refractivity contribution is 5.82. The zero-order valence-electron chi connectivity index (χ0n) is 13.8. The Kier molecular flexibility index (Phi) is 4.16. The molecule has 1 unspecified atom stereocenters. The third-order valence-electron chi connectivity index (χ3n) is 3.82. The van der Waals surface area contributed by atoms with Crippen LogP contribution in [0.2, 0.25) is 0 Å². The first-order chi connectivity index (χ1) is 11.5.